The minimum absolute atomic E-state index is 0.114. The van der Waals surface area contributed by atoms with Gasteiger partial charge in [0.05, 0.1) is 17.6 Å². The number of rotatable bonds is 4. The second-order valence-corrected chi connectivity index (χ2v) is 4.70. The molecule has 0 heterocycles. The summed E-state index contributed by atoms with van der Waals surface area (Å²) in [6.07, 6.45) is 0. The van der Waals surface area contributed by atoms with E-state index in [4.69, 9.17) is 4.74 Å². The van der Waals surface area contributed by atoms with E-state index in [0.717, 1.165) is 11.6 Å². The van der Waals surface area contributed by atoms with Crippen molar-refractivity contribution in [2.75, 3.05) is 0 Å². The predicted octanol–water partition coefficient (Wildman–Crippen LogP) is 3.64. The number of halogens is 1. The third kappa shape index (κ3) is 3.17. The molecule has 0 aliphatic rings. The van der Waals surface area contributed by atoms with Crippen molar-refractivity contribution in [2.45, 2.75) is 20.5 Å². The first-order chi connectivity index (χ1) is 9.92. The van der Waals surface area contributed by atoms with Crippen molar-refractivity contribution in [3.8, 4) is 11.5 Å². The molecule has 5 nitrogen and oxygen atoms in total. The third-order valence-corrected chi connectivity index (χ3v) is 3.05. The Morgan fingerprint density at radius 1 is 1.24 bits per heavy atom. The molecular formula is C15H14FNO4. The lowest BCUT2D eigenvalue weighted by Crippen LogP contribution is -1.98. The summed E-state index contributed by atoms with van der Waals surface area (Å²) in [6.45, 7) is 3.12. The van der Waals surface area contributed by atoms with Crippen LogP contribution in [0.3, 0.4) is 0 Å². The largest absolute Gasteiger partial charge is 0.454 e. The smallest absolute Gasteiger partial charge is 0.275 e. The lowest BCUT2D eigenvalue weighted by molar-refractivity contribution is -0.385. The lowest BCUT2D eigenvalue weighted by atomic mass is 10.1. The average molecular weight is 291 g/mol. The summed E-state index contributed by atoms with van der Waals surface area (Å²) in [5.74, 6) is -0.622. The Balaban J connectivity index is 2.41. The highest BCUT2D eigenvalue weighted by molar-refractivity contribution is 5.47. The topological polar surface area (TPSA) is 72.6 Å². The van der Waals surface area contributed by atoms with Gasteiger partial charge in [-0.2, -0.15) is 0 Å². The predicted molar refractivity (Wildman–Crippen MR) is 75.0 cm³/mol. The highest BCUT2D eigenvalue weighted by atomic mass is 19.1. The molecule has 0 saturated heterocycles. The van der Waals surface area contributed by atoms with E-state index in [0.29, 0.717) is 16.9 Å². The van der Waals surface area contributed by atoms with Gasteiger partial charge < -0.3 is 9.84 Å². The maximum Gasteiger partial charge on any atom is 0.275 e. The van der Waals surface area contributed by atoms with Crippen LogP contribution in [0.5, 0.6) is 11.5 Å². The molecule has 0 amide bonds. The first kappa shape index (κ1) is 14.9. The summed E-state index contributed by atoms with van der Waals surface area (Å²) >= 11 is 0. The Morgan fingerprint density at radius 2 is 1.95 bits per heavy atom. The van der Waals surface area contributed by atoms with E-state index in [-0.39, 0.29) is 18.0 Å². The number of nitro benzene ring substituents is 1. The molecule has 0 spiro atoms. The van der Waals surface area contributed by atoms with Gasteiger partial charge >= 0.3 is 0 Å². The van der Waals surface area contributed by atoms with E-state index in [2.05, 4.69) is 0 Å². The van der Waals surface area contributed by atoms with Gasteiger partial charge in [-0.05, 0) is 26.0 Å². The fraction of sp³-hybridized carbons (Fsp3) is 0.200. The number of hydrogen-bond donors (Lipinski definition) is 1. The van der Waals surface area contributed by atoms with Gasteiger partial charge in [-0.15, -0.1) is 0 Å². The fourth-order valence-corrected chi connectivity index (χ4v) is 1.97. The Morgan fingerprint density at radius 3 is 2.57 bits per heavy atom. The molecule has 2 aromatic carbocycles. The van der Waals surface area contributed by atoms with Gasteiger partial charge in [0.1, 0.15) is 5.75 Å². The Labute approximate surface area is 120 Å². The molecule has 0 atom stereocenters. The minimum atomic E-state index is -0.822. The summed E-state index contributed by atoms with van der Waals surface area (Å²) in [5, 5.41) is 20.0. The van der Waals surface area contributed by atoms with E-state index >= 15 is 0 Å². The van der Waals surface area contributed by atoms with E-state index in [1.54, 1.807) is 18.2 Å². The first-order valence-corrected chi connectivity index (χ1v) is 6.25. The maximum absolute atomic E-state index is 13.9. The second kappa shape index (κ2) is 5.88. The van der Waals surface area contributed by atoms with Crippen LogP contribution in [0, 0.1) is 29.8 Å². The zero-order valence-corrected chi connectivity index (χ0v) is 11.6. The first-order valence-electron chi connectivity index (χ1n) is 6.25. The molecule has 21 heavy (non-hydrogen) atoms. The maximum atomic E-state index is 13.9. The number of nitrogens with zero attached hydrogens (tertiary/aromatic N) is 1. The van der Waals surface area contributed by atoms with Gasteiger partial charge in [-0.25, -0.2) is 4.39 Å². The van der Waals surface area contributed by atoms with Crippen LogP contribution in [0.2, 0.25) is 0 Å². The lowest BCUT2D eigenvalue weighted by Gasteiger charge is -2.12. The van der Waals surface area contributed by atoms with Gasteiger partial charge in [0.15, 0.2) is 11.6 Å². The molecule has 2 rings (SSSR count). The van der Waals surface area contributed by atoms with Crippen LogP contribution in [0.4, 0.5) is 10.1 Å². The molecule has 0 aromatic heterocycles. The quantitative estimate of drug-likeness (QED) is 0.689. The van der Waals surface area contributed by atoms with E-state index < -0.39 is 10.7 Å². The summed E-state index contributed by atoms with van der Waals surface area (Å²) in [5.41, 5.74) is 1.46. The van der Waals surface area contributed by atoms with Crippen LogP contribution in [0.25, 0.3) is 0 Å². The van der Waals surface area contributed by atoms with Crippen molar-refractivity contribution in [2.24, 2.45) is 0 Å². The monoisotopic (exact) mass is 291 g/mol. The number of aliphatic hydroxyl groups excluding tert-OH is 1. The summed E-state index contributed by atoms with van der Waals surface area (Å²) in [7, 11) is 0. The SMILES string of the molecule is Cc1ccc(Oc2cc(C)c([N+](=O)[O-])cc2F)c(CO)c1. The third-order valence-electron chi connectivity index (χ3n) is 3.05. The Hall–Kier alpha value is -2.47. The summed E-state index contributed by atoms with van der Waals surface area (Å²) < 4.78 is 19.3. The molecule has 110 valence electrons. The van der Waals surface area contributed by atoms with Crippen molar-refractivity contribution in [3.63, 3.8) is 0 Å². The Kier molecular flexibility index (Phi) is 4.18. The molecule has 0 aliphatic heterocycles. The summed E-state index contributed by atoms with van der Waals surface area (Å²) in [4.78, 5) is 10.1. The van der Waals surface area contributed by atoms with Crippen molar-refractivity contribution >= 4 is 5.69 Å². The Bertz CT molecular complexity index is 700. The van der Waals surface area contributed by atoms with Crippen LogP contribution in [0.1, 0.15) is 16.7 Å². The number of benzene rings is 2. The van der Waals surface area contributed by atoms with E-state index in [1.807, 2.05) is 6.92 Å². The second-order valence-electron chi connectivity index (χ2n) is 4.70. The van der Waals surface area contributed by atoms with E-state index in [1.165, 1.54) is 13.0 Å². The molecule has 1 N–H and O–H groups in total. The van der Waals surface area contributed by atoms with E-state index in [9.17, 15) is 19.6 Å². The number of aryl methyl sites for hydroxylation is 2. The molecule has 0 radical (unpaired) electrons. The molecule has 0 bridgehead atoms. The number of hydrogen-bond acceptors (Lipinski definition) is 4. The number of aliphatic hydroxyl groups is 1. The van der Waals surface area contributed by atoms with Gasteiger partial charge in [0.25, 0.3) is 5.69 Å². The van der Waals surface area contributed by atoms with Crippen molar-refractivity contribution < 1.29 is 19.2 Å². The molecule has 0 aliphatic carbocycles. The summed E-state index contributed by atoms with van der Waals surface area (Å²) in [6, 6.07) is 7.22. The highest BCUT2D eigenvalue weighted by Gasteiger charge is 2.17. The van der Waals surface area contributed by atoms with Gasteiger partial charge in [0, 0.05) is 11.1 Å². The van der Waals surface area contributed by atoms with Gasteiger partial charge in [0.2, 0.25) is 0 Å². The van der Waals surface area contributed by atoms with Crippen LogP contribution >= 0.6 is 0 Å². The molecule has 0 saturated carbocycles. The van der Waals surface area contributed by atoms with Crippen molar-refractivity contribution in [1.82, 2.24) is 0 Å². The molecule has 0 unspecified atom stereocenters. The van der Waals surface area contributed by atoms with Crippen LogP contribution < -0.4 is 4.74 Å². The van der Waals surface area contributed by atoms with Crippen molar-refractivity contribution in [1.29, 1.82) is 0 Å². The van der Waals surface area contributed by atoms with Crippen molar-refractivity contribution in [3.05, 3.63) is 63.0 Å². The molecule has 2 aromatic rings. The van der Waals surface area contributed by atoms with Gasteiger partial charge in [-0.3, -0.25) is 10.1 Å². The normalized spacial score (nSPS) is 10.5. The average Bonchev–Trinajstić information content (AvgIpc) is 2.43. The zero-order valence-electron chi connectivity index (χ0n) is 11.6. The molecular weight excluding hydrogens is 277 g/mol. The number of ether oxygens (including phenoxy) is 1. The minimum Gasteiger partial charge on any atom is -0.454 e. The van der Waals surface area contributed by atoms with Crippen LogP contribution in [0.15, 0.2) is 30.3 Å². The standard InChI is InChI=1S/C15H14FNO4/c1-9-3-4-14(11(5-9)8-18)21-15-6-10(2)13(17(19)20)7-12(15)16/h3-7,18H,8H2,1-2H3. The van der Waals surface area contributed by atoms with Crippen LogP contribution in [-0.4, -0.2) is 10.0 Å². The zero-order chi connectivity index (χ0) is 15.6. The molecule has 6 heteroatoms. The highest BCUT2D eigenvalue weighted by Crippen LogP contribution is 2.32. The van der Waals surface area contributed by atoms with Crippen LogP contribution in [-0.2, 0) is 6.61 Å². The number of nitro groups is 1. The van der Waals surface area contributed by atoms with Gasteiger partial charge in [-0.1, -0.05) is 17.7 Å². The molecule has 0 fully saturated rings. The fourth-order valence-electron chi connectivity index (χ4n) is 1.97.